The fourth-order valence-corrected chi connectivity index (χ4v) is 6.47. The van der Waals surface area contributed by atoms with E-state index in [-0.39, 0.29) is 0 Å². The lowest BCUT2D eigenvalue weighted by Gasteiger charge is -2.56. The predicted molar refractivity (Wildman–Crippen MR) is 94.9 cm³/mol. The lowest BCUT2D eigenvalue weighted by molar-refractivity contribution is 0.0107. The van der Waals surface area contributed by atoms with Gasteiger partial charge in [0.2, 0.25) is 5.13 Å². The van der Waals surface area contributed by atoms with E-state index in [0.29, 0.717) is 5.54 Å². The number of aromatic nitrogens is 2. The van der Waals surface area contributed by atoms with Crippen LogP contribution in [0.15, 0.2) is 24.3 Å². The van der Waals surface area contributed by atoms with Gasteiger partial charge in [-0.1, -0.05) is 35.1 Å². The highest BCUT2D eigenvalue weighted by molar-refractivity contribution is 7.18. The van der Waals surface area contributed by atoms with Crippen LogP contribution in [0.25, 0.3) is 10.6 Å². The van der Waals surface area contributed by atoms with E-state index in [4.69, 9.17) is 11.6 Å². The van der Waals surface area contributed by atoms with Gasteiger partial charge in [0.1, 0.15) is 5.01 Å². The normalized spacial score (nSPS) is 34.7. The summed E-state index contributed by atoms with van der Waals surface area (Å²) in [7, 11) is 0. The highest BCUT2D eigenvalue weighted by Crippen LogP contribution is 2.56. The minimum Gasteiger partial charge on any atom is -0.355 e. The van der Waals surface area contributed by atoms with Crippen LogP contribution in [-0.4, -0.2) is 15.7 Å². The van der Waals surface area contributed by atoms with E-state index < -0.39 is 0 Å². The number of halogens is 1. The van der Waals surface area contributed by atoms with Gasteiger partial charge in [0.25, 0.3) is 0 Å². The van der Waals surface area contributed by atoms with Gasteiger partial charge in [0.05, 0.1) is 0 Å². The number of benzene rings is 1. The van der Waals surface area contributed by atoms with Crippen molar-refractivity contribution >= 4 is 28.1 Å². The first-order valence-electron chi connectivity index (χ1n) is 8.55. The molecule has 5 heteroatoms. The molecule has 0 radical (unpaired) electrons. The maximum absolute atomic E-state index is 5.96. The Kier molecular flexibility index (Phi) is 3.21. The molecule has 4 bridgehead atoms. The highest BCUT2D eigenvalue weighted by Gasteiger charge is 2.51. The molecule has 0 aliphatic heterocycles. The Morgan fingerprint density at radius 3 is 2.17 bits per heavy atom. The van der Waals surface area contributed by atoms with E-state index in [1.54, 1.807) is 11.3 Å². The van der Waals surface area contributed by atoms with E-state index in [0.717, 1.165) is 38.5 Å². The molecule has 3 nitrogen and oxygen atoms in total. The van der Waals surface area contributed by atoms with Gasteiger partial charge in [0.15, 0.2) is 0 Å². The van der Waals surface area contributed by atoms with Crippen LogP contribution in [0.2, 0.25) is 5.02 Å². The molecule has 1 aromatic heterocycles. The van der Waals surface area contributed by atoms with Gasteiger partial charge in [-0.15, -0.1) is 10.2 Å². The number of rotatable bonds is 3. The first-order chi connectivity index (χ1) is 11.2. The molecular formula is C18H20ClN3S. The molecule has 4 saturated carbocycles. The Labute approximate surface area is 145 Å². The monoisotopic (exact) mass is 345 g/mol. The predicted octanol–water partition coefficient (Wildman–Crippen LogP) is 5.24. The van der Waals surface area contributed by atoms with Crippen molar-refractivity contribution in [2.75, 3.05) is 5.32 Å². The van der Waals surface area contributed by atoms with Crippen molar-refractivity contribution in [2.45, 2.75) is 44.1 Å². The van der Waals surface area contributed by atoms with Crippen molar-refractivity contribution < 1.29 is 0 Å². The quantitative estimate of drug-likeness (QED) is 0.826. The number of nitrogens with zero attached hydrogens (tertiary/aromatic N) is 2. The second-order valence-electron chi connectivity index (χ2n) is 7.74. The van der Waals surface area contributed by atoms with Crippen LogP contribution in [0.1, 0.15) is 38.5 Å². The van der Waals surface area contributed by atoms with Gasteiger partial charge >= 0.3 is 0 Å². The zero-order chi connectivity index (χ0) is 15.4. The van der Waals surface area contributed by atoms with E-state index in [1.807, 2.05) is 24.3 Å². The maximum Gasteiger partial charge on any atom is 0.206 e. The summed E-state index contributed by atoms with van der Waals surface area (Å²) in [4.78, 5) is 0. The van der Waals surface area contributed by atoms with Gasteiger partial charge < -0.3 is 5.32 Å². The van der Waals surface area contributed by atoms with Crippen LogP contribution in [0.3, 0.4) is 0 Å². The fourth-order valence-electron chi connectivity index (χ4n) is 5.47. The molecule has 6 rings (SSSR count). The Morgan fingerprint density at radius 2 is 1.57 bits per heavy atom. The fraction of sp³-hybridized carbons (Fsp3) is 0.556. The van der Waals surface area contributed by atoms with Crippen molar-refractivity contribution in [1.29, 1.82) is 0 Å². The summed E-state index contributed by atoms with van der Waals surface area (Å²) in [5.74, 6) is 2.83. The van der Waals surface area contributed by atoms with Crippen molar-refractivity contribution in [3.8, 4) is 10.6 Å². The van der Waals surface area contributed by atoms with E-state index >= 15 is 0 Å². The van der Waals surface area contributed by atoms with Crippen molar-refractivity contribution in [1.82, 2.24) is 10.2 Å². The Balaban J connectivity index is 1.38. The summed E-state index contributed by atoms with van der Waals surface area (Å²) in [5, 5.41) is 15.3. The average Bonchev–Trinajstić information content (AvgIpc) is 2.94. The lowest BCUT2D eigenvalue weighted by Crippen LogP contribution is -2.54. The van der Waals surface area contributed by atoms with Gasteiger partial charge in [-0.25, -0.2) is 0 Å². The third kappa shape index (κ3) is 2.56. The topological polar surface area (TPSA) is 37.8 Å². The molecule has 4 aliphatic rings. The molecule has 0 unspecified atom stereocenters. The molecule has 0 atom stereocenters. The summed E-state index contributed by atoms with van der Waals surface area (Å²) >= 11 is 7.63. The number of nitrogens with one attached hydrogen (secondary N) is 1. The average molecular weight is 346 g/mol. The molecule has 2 aromatic rings. The van der Waals surface area contributed by atoms with Crippen LogP contribution in [0.5, 0.6) is 0 Å². The largest absolute Gasteiger partial charge is 0.355 e. The lowest BCUT2D eigenvalue weighted by atomic mass is 9.53. The second kappa shape index (κ2) is 5.18. The Bertz CT molecular complexity index is 689. The van der Waals surface area contributed by atoms with Crippen LogP contribution >= 0.6 is 22.9 Å². The van der Waals surface area contributed by atoms with Gasteiger partial charge in [-0.2, -0.15) is 0 Å². The second-order valence-corrected chi connectivity index (χ2v) is 9.16. The summed E-state index contributed by atoms with van der Waals surface area (Å²) in [6.07, 6.45) is 8.38. The smallest absolute Gasteiger partial charge is 0.206 e. The van der Waals surface area contributed by atoms with Crippen molar-refractivity contribution in [3.05, 3.63) is 29.3 Å². The SMILES string of the molecule is Clc1ccc(-c2nnc(NC34CC5CC(CC(C5)C3)C4)s2)cc1. The zero-order valence-electron chi connectivity index (χ0n) is 13.0. The molecule has 1 N–H and O–H groups in total. The van der Waals surface area contributed by atoms with E-state index in [9.17, 15) is 0 Å². The van der Waals surface area contributed by atoms with E-state index in [1.165, 1.54) is 38.5 Å². The third-order valence-corrected chi connectivity index (χ3v) is 7.07. The van der Waals surface area contributed by atoms with E-state index in [2.05, 4.69) is 15.5 Å². The summed E-state index contributed by atoms with van der Waals surface area (Å²) < 4.78 is 0. The van der Waals surface area contributed by atoms with Gasteiger partial charge in [-0.05, 0) is 68.4 Å². The summed E-state index contributed by atoms with van der Waals surface area (Å²) in [5.41, 5.74) is 1.39. The van der Waals surface area contributed by atoms with Crippen LogP contribution in [0, 0.1) is 17.8 Å². The minimum absolute atomic E-state index is 0.297. The molecule has 1 aromatic carbocycles. The Morgan fingerprint density at radius 1 is 0.957 bits per heavy atom. The summed E-state index contributed by atoms with van der Waals surface area (Å²) in [6, 6.07) is 7.84. The molecule has 0 saturated heterocycles. The van der Waals surface area contributed by atoms with Crippen LogP contribution < -0.4 is 5.32 Å². The van der Waals surface area contributed by atoms with Crippen LogP contribution in [-0.2, 0) is 0 Å². The minimum atomic E-state index is 0.297. The molecule has 23 heavy (non-hydrogen) atoms. The van der Waals surface area contributed by atoms with Gasteiger partial charge in [-0.3, -0.25) is 0 Å². The maximum atomic E-state index is 5.96. The van der Waals surface area contributed by atoms with Gasteiger partial charge in [0, 0.05) is 16.1 Å². The zero-order valence-corrected chi connectivity index (χ0v) is 14.5. The van der Waals surface area contributed by atoms with Crippen molar-refractivity contribution in [2.24, 2.45) is 17.8 Å². The van der Waals surface area contributed by atoms with Crippen molar-refractivity contribution in [3.63, 3.8) is 0 Å². The van der Waals surface area contributed by atoms with Crippen LogP contribution in [0.4, 0.5) is 5.13 Å². The molecule has 1 heterocycles. The highest BCUT2D eigenvalue weighted by atomic mass is 35.5. The first kappa shape index (κ1) is 14.2. The number of hydrogen-bond donors (Lipinski definition) is 1. The summed E-state index contributed by atoms with van der Waals surface area (Å²) in [6.45, 7) is 0. The molecular weight excluding hydrogens is 326 g/mol. The molecule has 0 spiro atoms. The number of anilines is 1. The molecule has 120 valence electrons. The molecule has 0 amide bonds. The standard InChI is InChI=1S/C18H20ClN3S/c19-15-3-1-14(2-4-15)16-21-22-17(23-16)20-18-8-11-5-12(9-18)7-13(6-11)10-18/h1-4,11-13H,5-10H2,(H,20,22). The molecule has 4 fully saturated rings. The number of hydrogen-bond acceptors (Lipinski definition) is 4. The molecule has 4 aliphatic carbocycles. The third-order valence-electron chi connectivity index (χ3n) is 5.93. The first-order valence-corrected chi connectivity index (χ1v) is 9.75. The Hall–Kier alpha value is -1.13.